The molecule has 5 nitrogen and oxygen atoms in total. The molecule has 5 heteroatoms. The van der Waals surface area contributed by atoms with Gasteiger partial charge in [0, 0.05) is 28.4 Å². The number of anilines is 1. The van der Waals surface area contributed by atoms with Crippen LogP contribution in [0.1, 0.15) is 11.1 Å². The molecule has 0 aliphatic heterocycles. The molecule has 0 fully saturated rings. The number of phenols is 2. The third-order valence-corrected chi connectivity index (χ3v) is 4.48. The number of hydrogen-bond donors (Lipinski definition) is 3. The van der Waals surface area contributed by atoms with Crippen LogP contribution in [0.2, 0.25) is 0 Å². The lowest BCUT2D eigenvalue weighted by Crippen LogP contribution is -2.04. The van der Waals surface area contributed by atoms with Crippen LogP contribution in [0.4, 0.5) is 5.82 Å². The maximum Gasteiger partial charge on any atom is 0.156 e. The maximum absolute atomic E-state index is 10.4. The summed E-state index contributed by atoms with van der Waals surface area (Å²) in [5.41, 5.74) is 2.68. The molecule has 136 valence electrons. The highest BCUT2D eigenvalue weighted by atomic mass is 16.3. The SMILES string of the molecule is C#Cc1ccc(-c2nnc(NCc3cccc(O)c3)c3ccccc23)c(O)c1. The highest BCUT2D eigenvalue weighted by Gasteiger charge is 2.14. The van der Waals surface area contributed by atoms with E-state index in [4.69, 9.17) is 6.42 Å². The van der Waals surface area contributed by atoms with E-state index in [0.717, 1.165) is 16.3 Å². The van der Waals surface area contributed by atoms with Gasteiger partial charge in [0.2, 0.25) is 0 Å². The summed E-state index contributed by atoms with van der Waals surface area (Å²) >= 11 is 0. The topological polar surface area (TPSA) is 78.3 Å². The Morgan fingerprint density at radius 1 is 0.893 bits per heavy atom. The number of phenolic OH excluding ortho intramolecular Hbond substituents is 2. The van der Waals surface area contributed by atoms with Crippen molar-refractivity contribution in [1.29, 1.82) is 0 Å². The zero-order valence-corrected chi connectivity index (χ0v) is 14.9. The molecular weight excluding hydrogens is 350 g/mol. The molecule has 0 spiro atoms. The van der Waals surface area contributed by atoms with E-state index in [-0.39, 0.29) is 11.5 Å². The van der Waals surface area contributed by atoms with Crippen molar-refractivity contribution in [2.24, 2.45) is 0 Å². The number of nitrogens with one attached hydrogen (secondary N) is 1. The molecule has 0 atom stereocenters. The fourth-order valence-corrected chi connectivity index (χ4v) is 3.11. The molecule has 28 heavy (non-hydrogen) atoms. The quantitative estimate of drug-likeness (QED) is 0.469. The number of rotatable bonds is 4. The van der Waals surface area contributed by atoms with Gasteiger partial charge in [0.1, 0.15) is 17.2 Å². The molecule has 1 heterocycles. The minimum atomic E-state index is 0.0652. The van der Waals surface area contributed by atoms with E-state index in [2.05, 4.69) is 21.4 Å². The van der Waals surface area contributed by atoms with Crippen molar-refractivity contribution in [3.63, 3.8) is 0 Å². The Bertz CT molecular complexity index is 1210. The molecule has 0 unspecified atom stereocenters. The van der Waals surface area contributed by atoms with Crippen LogP contribution in [0.25, 0.3) is 22.0 Å². The standard InChI is InChI=1S/C23H17N3O2/c1-2-15-10-11-20(21(28)13-15)22-18-8-3-4-9-19(18)23(26-25-22)24-14-16-6-5-7-17(27)12-16/h1,3-13,27-28H,14H2,(H,24,26). The molecule has 4 aromatic rings. The van der Waals surface area contributed by atoms with Gasteiger partial charge in [-0.1, -0.05) is 42.3 Å². The molecule has 0 saturated heterocycles. The van der Waals surface area contributed by atoms with Crippen molar-refractivity contribution in [2.75, 3.05) is 5.32 Å². The molecule has 0 bridgehead atoms. The minimum absolute atomic E-state index is 0.0652. The van der Waals surface area contributed by atoms with Gasteiger partial charge in [-0.3, -0.25) is 0 Å². The van der Waals surface area contributed by atoms with Gasteiger partial charge in [-0.15, -0.1) is 16.6 Å². The van der Waals surface area contributed by atoms with Gasteiger partial charge in [0.25, 0.3) is 0 Å². The van der Waals surface area contributed by atoms with Gasteiger partial charge < -0.3 is 15.5 Å². The van der Waals surface area contributed by atoms with E-state index in [1.54, 1.807) is 36.4 Å². The predicted molar refractivity (Wildman–Crippen MR) is 110 cm³/mol. The van der Waals surface area contributed by atoms with Gasteiger partial charge in [-0.25, -0.2) is 0 Å². The van der Waals surface area contributed by atoms with E-state index in [9.17, 15) is 10.2 Å². The highest BCUT2D eigenvalue weighted by molar-refractivity contribution is 6.00. The molecule has 0 amide bonds. The third-order valence-electron chi connectivity index (χ3n) is 4.48. The van der Waals surface area contributed by atoms with Gasteiger partial charge in [0.15, 0.2) is 5.82 Å². The number of terminal acetylenes is 1. The summed E-state index contributed by atoms with van der Waals surface area (Å²) in [4.78, 5) is 0. The molecule has 0 radical (unpaired) electrons. The Hall–Kier alpha value is -4.04. The zero-order valence-electron chi connectivity index (χ0n) is 14.9. The minimum Gasteiger partial charge on any atom is -0.508 e. The van der Waals surface area contributed by atoms with Crippen LogP contribution in [-0.2, 0) is 6.54 Å². The predicted octanol–water partition coefficient (Wildman–Crippen LogP) is 4.30. The Labute approximate surface area is 162 Å². The molecule has 4 rings (SSSR count). The van der Waals surface area contributed by atoms with Crippen molar-refractivity contribution in [3.05, 3.63) is 77.9 Å². The van der Waals surface area contributed by atoms with Gasteiger partial charge in [-0.2, -0.15) is 0 Å². The fraction of sp³-hybridized carbons (Fsp3) is 0.0435. The average Bonchev–Trinajstić information content (AvgIpc) is 2.72. The zero-order chi connectivity index (χ0) is 19.5. The lowest BCUT2D eigenvalue weighted by molar-refractivity contribution is 0.474. The molecule has 1 aromatic heterocycles. The van der Waals surface area contributed by atoms with Crippen LogP contribution in [0.15, 0.2) is 66.7 Å². The van der Waals surface area contributed by atoms with Crippen LogP contribution in [0.3, 0.4) is 0 Å². The smallest absolute Gasteiger partial charge is 0.156 e. The van der Waals surface area contributed by atoms with Gasteiger partial charge in [-0.05, 0) is 35.9 Å². The second-order valence-corrected chi connectivity index (χ2v) is 6.34. The second-order valence-electron chi connectivity index (χ2n) is 6.34. The van der Waals surface area contributed by atoms with E-state index in [0.29, 0.717) is 29.2 Å². The van der Waals surface area contributed by atoms with Crippen molar-refractivity contribution in [2.45, 2.75) is 6.54 Å². The monoisotopic (exact) mass is 367 g/mol. The highest BCUT2D eigenvalue weighted by Crippen LogP contribution is 2.35. The van der Waals surface area contributed by atoms with Crippen molar-refractivity contribution in [1.82, 2.24) is 10.2 Å². The van der Waals surface area contributed by atoms with E-state index >= 15 is 0 Å². The second kappa shape index (κ2) is 7.29. The van der Waals surface area contributed by atoms with Crippen molar-refractivity contribution >= 4 is 16.6 Å². The molecule has 0 aliphatic carbocycles. The summed E-state index contributed by atoms with van der Waals surface area (Å²) in [5, 5.41) is 33.7. The lowest BCUT2D eigenvalue weighted by Gasteiger charge is -2.12. The summed E-state index contributed by atoms with van der Waals surface area (Å²) < 4.78 is 0. The summed E-state index contributed by atoms with van der Waals surface area (Å²) in [6.07, 6.45) is 5.40. The van der Waals surface area contributed by atoms with E-state index in [1.807, 2.05) is 30.3 Å². The van der Waals surface area contributed by atoms with Gasteiger partial charge in [0.05, 0.1) is 0 Å². The number of fused-ring (bicyclic) bond motifs is 1. The van der Waals surface area contributed by atoms with E-state index < -0.39 is 0 Å². The van der Waals surface area contributed by atoms with Gasteiger partial charge >= 0.3 is 0 Å². The third kappa shape index (κ3) is 3.31. The van der Waals surface area contributed by atoms with Crippen LogP contribution >= 0.6 is 0 Å². The Morgan fingerprint density at radius 2 is 1.71 bits per heavy atom. The number of aromatic nitrogens is 2. The summed E-state index contributed by atoms with van der Waals surface area (Å²) in [5.74, 6) is 3.42. The maximum atomic E-state index is 10.4. The molecule has 3 aromatic carbocycles. The largest absolute Gasteiger partial charge is 0.508 e. The van der Waals surface area contributed by atoms with Crippen LogP contribution in [-0.4, -0.2) is 20.4 Å². The molecule has 3 N–H and O–H groups in total. The first-order chi connectivity index (χ1) is 13.7. The van der Waals surface area contributed by atoms with Crippen LogP contribution in [0, 0.1) is 12.3 Å². The van der Waals surface area contributed by atoms with E-state index in [1.165, 1.54) is 0 Å². The van der Waals surface area contributed by atoms with Crippen LogP contribution in [0.5, 0.6) is 11.5 Å². The number of aromatic hydroxyl groups is 2. The van der Waals surface area contributed by atoms with Crippen molar-refractivity contribution in [3.8, 4) is 35.1 Å². The molecular formula is C23H17N3O2. The van der Waals surface area contributed by atoms with Crippen LogP contribution < -0.4 is 5.32 Å². The summed E-state index contributed by atoms with van der Waals surface area (Å²) in [7, 11) is 0. The Kier molecular flexibility index (Phi) is 4.53. The first-order valence-electron chi connectivity index (χ1n) is 8.73. The summed E-state index contributed by atoms with van der Waals surface area (Å²) in [6, 6.07) is 19.8. The average molecular weight is 367 g/mol. The first-order valence-corrected chi connectivity index (χ1v) is 8.73. The number of benzene rings is 3. The number of hydrogen-bond acceptors (Lipinski definition) is 5. The summed E-state index contributed by atoms with van der Waals surface area (Å²) in [6.45, 7) is 0.495. The Morgan fingerprint density at radius 3 is 2.46 bits per heavy atom. The lowest BCUT2D eigenvalue weighted by atomic mass is 10.0. The number of nitrogens with zero attached hydrogens (tertiary/aromatic N) is 2. The Balaban J connectivity index is 1.74. The first kappa shape index (κ1) is 17.4. The fourth-order valence-electron chi connectivity index (χ4n) is 3.11. The normalized spacial score (nSPS) is 10.5. The molecule has 0 saturated carbocycles. The van der Waals surface area contributed by atoms with Crippen molar-refractivity contribution < 1.29 is 10.2 Å². The molecule has 0 aliphatic rings.